The number of anilines is 1. The van der Waals surface area contributed by atoms with E-state index in [-0.39, 0.29) is 28.9 Å². The lowest BCUT2D eigenvalue weighted by molar-refractivity contribution is 0.0714. The minimum Gasteiger partial charge on any atom is -0.505 e. The van der Waals surface area contributed by atoms with Crippen LogP contribution in [-0.2, 0) is 6.54 Å². The number of carbonyl (C=O) groups excluding carboxylic acids is 1. The fourth-order valence-corrected chi connectivity index (χ4v) is 2.21. The van der Waals surface area contributed by atoms with E-state index in [2.05, 4.69) is 0 Å². The molecule has 1 aliphatic rings. The Bertz CT molecular complexity index is 618. The molecule has 0 aliphatic heterocycles. The molecule has 2 aromatic rings. The van der Waals surface area contributed by atoms with Gasteiger partial charge in [0.15, 0.2) is 5.75 Å². The molecule has 0 radical (unpaired) electrons. The molecule has 0 atom stereocenters. The van der Waals surface area contributed by atoms with E-state index in [0.717, 1.165) is 18.6 Å². The molecule has 1 heterocycles. The first-order valence-electron chi connectivity index (χ1n) is 6.57. The lowest BCUT2D eigenvalue weighted by Gasteiger charge is -2.22. The van der Waals surface area contributed by atoms with E-state index < -0.39 is 0 Å². The van der Waals surface area contributed by atoms with Gasteiger partial charge in [-0.3, -0.25) is 4.79 Å². The van der Waals surface area contributed by atoms with Gasteiger partial charge in [0.2, 0.25) is 0 Å². The Kier molecular flexibility index (Phi) is 3.10. The van der Waals surface area contributed by atoms with Crippen LogP contribution in [0.2, 0.25) is 0 Å². The average Bonchev–Trinajstić information content (AvgIpc) is 3.15. The first kappa shape index (κ1) is 12.6. The fraction of sp³-hybridized carbons (Fsp3) is 0.267. The van der Waals surface area contributed by atoms with Crippen molar-refractivity contribution < 1.29 is 14.3 Å². The Morgan fingerprint density at radius 1 is 1.35 bits per heavy atom. The lowest BCUT2D eigenvalue weighted by Crippen LogP contribution is -2.32. The van der Waals surface area contributed by atoms with Crippen molar-refractivity contribution in [2.75, 3.05) is 5.73 Å². The molecule has 1 amide bonds. The third-order valence-corrected chi connectivity index (χ3v) is 3.45. The number of benzene rings is 1. The standard InChI is InChI=1S/C15H16N2O3/c16-13-5-1-4-12(14(13)18)15(19)17(10-6-7-10)9-11-3-2-8-20-11/h1-5,8,10,18H,6-7,9,16H2. The topological polar surface area (TPSA) is 79.7 Å². The number of carbonyl (C=O) groups is 1. The van der Waals surface area contributed by atoms with Crippen LogP contribution in [0.15, 0.2) is 41.0 Å². The van der Waals surface area contributed by atoms with Crippen molar-refractivity contribution in [2.45, 2.75) is 25.4 Å². The van der Waals surface area contributed by atoms with E-state index in [4.69, 9.17) is 10.2 Å². The zero-order valence-corrected chi connectivity index (χ0v) is 11.0. The van der Waals surface area contributed by atoms with Crippen molar-refractivity contribution >= 4 is 11.6 Å². The van der Waals surface area contributed by atoms with Crippen LogP contribution < -0.4 is 5.73 Å². The maximum absolute atomic E-state index is 12.6. The van der Waals surface area contributed by atoms with Gasteiger partial charge in [-0.15, -0.1) is 0 Å². The Hall–Kier alpha value is -2.43. The van der Waals surface area contributed by atoms with E-state index in [0.29, 0.717) is 6.54 Å². The van der Waals surface area contributed by atoms with Gasteiger partial charge in [0.1, 0.15) is 5.76 Å². The maximum Gasteiger partial charge on any atom is 0.258 e. The summed E-state index contributed by atoms with van der Waals surface area (Å²) in [5.41, 5.74) is 6.10. The normalized spacial score (nSPS) is 14.2. The maximum atomic E-state index is 12.6. The summed E-state index contributed by atoms with van der Waals surface area (Å²) in [4.78, 5) is 14.3. The van der Waals surface area contributed by atoms with Crippen LogP contribution >= 0.6 is 0 Å². The number of amides is 1. The van der Waals surface area contributed by atoms with Gasteiger partial charge in [-0.2, -0.15) is 0 Å². The summed E-state index contributed by atoms with van der Waals surface area (Å²) < 4.78 is 5.30. The number of nitrogens with two attached hydrogens (primary N) is 1. The van der Waals surface area contributed by atoms with Crippen LogP contribution in [-0.4, -0.2) is 22.0 Å². The van der Waals surface area contributed by atoms with Crippen LogP contribution in [0.25, 0.3) is 0 Å². The van der Waals surface area contributed by atoms with Gasteiger partial charge in [0.05, 0.1) is 24.1 Å². The monoisotopic (exact) mass is 272 g/mol. The highest BCUT2D eigenvalue weighted by Gasteiger charge is 2.34. The summed E-state index contributed by atoms with van der Waals surface area (Å²) in [6, 6.07) is 8.67. The van der Waals surface area contributed by atoms with E-state index in [1.807, 2.05) is 6.07 Å². The molecular formula is C15H16N2O3. The molecule has 5 heteroatoms. The predicted octanol–water partition coefficient (Wildman–Crippen LogP) is 2.37. The summed E-state index contributed by atoms with van der Waals surface area (Å²) in [6.07, 6.45) is 3.55. The van der Waals surface area contributed by atoms with Gasteiger partial charge in [-0.25, -0.2) is 0 Å². The molecule has 3 rings (SSSR count). The number of phenols is 1. The molecule has 1 saturated carbocycles. The summed E-state index contributed by atoms with van der Waals surface area (Å²) in [7, 11) is 0. The van der Waals surface area contributed by atoms with Gasteiger partial charge in [-0.05, 0) is 37.1 Å². The van der Waals surface area contributed by atoms with Crippen molar-refractivity contribution in [3.8, 4) is 5.75 Å². The summed E-state index contributed by atoms with van der Waals surface area (Å²) in [5.74, 6) is 0.366. The van der Waals surface area contributed by atoms with Crippen LogP contribution in [0.5, 0.6) is 5.75 Å². The Balaban J connectivity index is 1.87. The van der Waals surface area contributed by atoms with Crippen molar-refractivity contribution in [3.05, 3.63) is 47.9 Å². The number of hydrogen-bond acceptors (Lipinski definition) is 4. The molecule has 0 spiro atoms. The van der Waals surface area contributed by atoms with Gasteiger partial charge in [0.25, 0.3) is 5.91 Å². The lowest BCUT2D eigenvalue weighted by atomic mass is 10.1. The minimum absolute atomic E-state index is 0.150. The second-order valence-electron chi connectivity index (χ2n) is 4.99. The SMILES string of the molecule is Nc1cccc(C(=O)N(Cc2ccco2)C2CC2)c1O. The highest BCUT2D eigenvalue weighted by atomic mass is 16.3. The van der Waals surface area contributed by atoms with Crippen LogP contribution in [0.4, 0.5) is 5.69 Å². The summed E-state index contributed by atoms with van der Waals surface area (Å²) in [6.45, 7) is 0.407. The summed E-state index contributed by atoms with van der Waals surface area (Å²) in [5, 5.41) is 9.95. The molecule has 0 saturated heterocycles. The quantitative estimate of drug-likeness (QED) is 0.661. The number of aromatic hydroxyl groups is 1. The fourth-order valence-electron chi connectivity index (χ4n) is 2.21. The second-order valence-corrected chi connectivity index (χ2v) is 4.99. The number of nitrogen functional groups attached to an aromatic ring is 1. The van der Waals surface area contributed by atoms with E-state index in [9.17, 15) is 9.90 Å². The predicted molar refractivity (Wildman–Crippen MR) is 74.1 cm³/mol. The van der Waals surface area contributed by atoms with E-state index in [1.165, 1.54) is 0 Å². The minimum atomic E-state index is -0.214. The number of hydrogen-bond donors (Lipinski definition) is 2. The second kappa shape index (κ2) is 4.92. The third-order valence-electron chi connectivity index (χ3n) is 3.45. The molecule has 3 N–H and O–H groups in total. The average molecular weight is 272 g/mol. The molecule has 5 nitrogen and oxygen atoms in total. The number of para-hydroxylation sites is 1. The van der Waals surface area contributed by atoms with Gasteiger partial charge >= 0.3 is 0 Å². The molecule has 20 heavy (non-hydrogen) atoms. The molecule has 104 valence electrons. The van der Waals surface area contributed by atoms with Crippen molar-refractivity contribution in [1.29, 1.82) is 0 Å². The number of phenolic OH excluding ortho intramolecular Hbond substituents is 1. The van der Waals surface area contributed by atoms with Gasteiger partial charge < -0.3 is 20.2 Å². The highest BCUT2D eigenvalue weighted by Crippen LogP contribution is 2.33. The third kappa shape index (κ3) is 2.34. The van der Waals surface area contributed by atoms with Crippen LogP contribution in [0, 0.1) is 0 Å². The number of furan rings is 1. The van der Waals surface area contributed by atoms with E-state index >= 15 is 0 Å². The Morgan fingerprint density at radius 2 is 2.15 bits per heavy atom. The smallest absolute Gasteiger partial charge is 0.258 e. The first-order chi connectivity index (χ1) is 9.66. The molecule has 1 aromatic heterocycles. The largest absolute Gasteiger partial charge is 0.505 e. The highest BCUT2D eigenvalue weighted by molar-refractivity contribution is 5.98. The number of nitrogens with zero attached hydrogens (tertiary/aromatic N) is 1. The van der Waals surface area contributed by atoms with Crippen molar-refractivity contribution in [2.24, 2.45) is 0 Å². The molecule has 1 aliphatic carbocycles. The van der Waals surface area contributed by atoms with Crippen LogP contribution in [0.1, 0.15) is 29.0 Å². The zero-order valence-electron chi connectivity index (χ0n) is 11.0. The van der Waals surface area contributed by atoms with Gasteiger partial charge in [0, 0.05) is 6.04 Å². The Morgan fingerprint density at radius 3 is 2.80 bits per heavy atom. The van der Waals surface area contributed by atoms with Crippen LogP contribution in [0.3, 0.4) is 0 Å². The van der Waals surface area contributed by atoms with Gasteiger partial charge in [-0.1, -0.05) is 6.07 Å². The molecule has 0 bridgehead atoms. The summed E-state index contributed by atoms with van der Waals surface area (Å²) >= 11 is 0. The molecule has 1 fully saturated rings. The first-order valence-corrected chi connectivity index (χ1v) is 6.57. The number of rotatable bonds is 4. The van der Waals surface area contributed by atoms with E-state index in [1.54, 1.807) is 35.4 Å². The van der Waals surface area contributed by atoms with Crippen molar-refractivity contribution in [3.63, 3.8) is 0 Å². The Labute approximate surface area is 116 Å². The molecular weight excluding hydrogens is 256 g/mol. The molecule has 0 unspecified atom stereocenters. The zero-order chi connectivity index (χ0) is 14.1. The molecule has 1 aromatic carbocycles. The van der Waals surface area contributed by atoms with Crippen molar-refractivity contribution in [1.82, 2.24) is 4.90 Å².